The Kier molecular flexibility index (Phi) is 6.17. The van der Waals surface area contributed by atoms with E-state index in [1.54, 1.807) is 0 Å². The molecule has 0 spiro atoms. The average Bonchev–Trinajstić information content (AvgIpc) is 3.06. The molecule has 8 nitrogen and oxygen atoms in total. The summed E-state index contributed by atoms with van der Waals surface area (Å²) in [5, 5.41) is 16.8. The van der Waals surface area contributed by atoms with Crippen LogP contribution in [0.1, 0.15) is 23.2 Å². The molecule has 1 aromatic carbocycles. The third kappa shape index (κ3) is 5.40. The fraction of sp³-hybridized carbons (Fsp3) is 0.474. The summed E-state index contributed by atoms with van der Waals surface area (Å²) in [6, 6.07) is 10.7. The second-order valence-corrected chi connectivity index (χ2v) is 8.99. The number of nitrogens with one attached hydrogen (secondary N) is 1. The van der Waals surface area contributed by atoms with Crippen LogP contribution in [0.4, 0.5) is 0 Å². The van der Waals surface area contributed by atoms with E-state index in [1.165, 1.54) is 16.8 Å². The molecular formula is C19H25N3O5S. The fourth-order valence-corrected chi connectivity index (χ4v) is 4.19. The molecule has 9 heteroatoms. The SMILES string of the molecule is CS(=O)(=O)O.O=C(O)C1CC2Cc3[nH]ncc3CC2N(Cc2ccccc2)C1. The normalized spacial score (nSPS) is 24.4. The van der Waals surface area contributed by atoms with E-state index in [0.717, 1.165) is 25.8 Å². The molecule has 2 heterocycles. The number of carbonyl (C=O) groups is 1. The molecule has 3 atom stereocenters. The van der Waals surface area contributed by atoms with Gasteiger partial charge in [0.2, 0.25) is 0 Å². The number of carboxylic acid groups (broad SMARTS) is 1. The second-order valence-electron chi connectivity index (χ2n) is 7.53. The van der Waals surface area contributed by atoms with Crippen molar-refractivity contribution in [3.63, 3.8) is 0 Å². The standard InChI is InChI=1S/C18H21N3O2.CH4O3S/c22-18(23)15-6-13-7-16-14(9-19-20-16)8-17(13)21(11-15)10-12-4-2-1-3-5-12;1-5(2,3)4/h1-5,9,13,15,17H,6-8,10-11H2,(H,19,20)(H,22,23);1H3,(H,2,3,4). The van der Waals surface area contributed by atoms with Crippen LogP contribution < -0.4 is 0 Å². The maximum atomic E-state index is 11.6. The summed E-state index contributed by atoms with van der Waals surface area (Å²) in [5.41, 5.74) is 3.73. The number of rotatable bonds is 3. The van der Waals surface area contributed by atoms with E-state index >= 15 is 0 Å². The predicted octanol–water partition coefficient (Wildman–Crippen LogP) is 1.60. The zero-order chi connectivity index (χ0) is 20.3. The first-order valence-electron chi connectivity index (χ1n) is 9.15. The van der Waals surface area contributed by atoms with E-state index in [2.05, 4.69) is 27.2 Å². The van der Waals surface area contributed by atoms with Gasteiger partial charge in [0.05, 0.1) is 18.4 Å². The summed E-state index contributed by atoms with van der Waals surface area (Å²) in [5.74, 6) is -0.553. The molecule has 28 heavy (non-hydrogen) atoms. The molecule has 1 saturated heterocycles. The molecule has 0 bridgehead atoms. The summed E-state index contributed by atoms with van der Waals surface area (Å²) in [6.07, 6.45) is 5.29. The topological polar surface area (TPSA) is 124 Å². The number of carboxylic acids is 1. The van der Waals surface area contributed by atoms with Gasteiger partial charge in [-0.3, -0.25) is 19.3 Å². The molecular weight excluding hydrogens is 382 g/mol. The van der Waals surface area contributed by atoms with Crippen LogP contribution in [0, 0.1) is 11.8 Å². The van der Waals surface area contributed by atoms with Gasteiger partial charge in [-0.25, -0.2) is 0 Å². The number of fused-ring (bicyclic) bond motifs is 2. The van der Waals surface area contributed by atoms with E-state index in [0.29, 0.717) is 24.8 Å². The highest BCUT2D eigenvalue weighted by molar-refractivity contribution is 7.85. The number of aliphatic carboxylic acids is 1. The van der Waals surface area contributed by atoms with Crippen LogP contribution in [0.2, 0.25) is 0 Å². The number of H-pyrrole nitrogens is 1. The molecule has 2 aromatic rings. The third-order valence-corrected chi connectivity index (χ3v) is 5.34. The van der Waals surface area contributed by atoms with Gasteiger partial charge in [0, 0.05) is 24.8 Å². The highest BCUT2D eigenvalue weighted by Crippen LogP contribution is 2.37. The van der Waals surface area contributed by atoms with Gasteiger partial charge in [-0.05, 0) is 36.3 Å². The van der Waals surface area contributed by atoms with Crippen LogP contribution in [-0.2, 0) is 34.3 Å². The van der Waals surface area contributed by atoms with Crippen LogP contribution >= 0.6 is 0 Å². The van der Waals surface area contributed by atoms with Gasteiger partial charge in [0.1, 0.15) is 0 Å². The first-order chi connectivity index (χ1) is 13.2. The molecule has 1 aliphatic carbocycles. The number of benzene rings is 1. The lowest BCUT2D eigenvalue weighted by molar-refractivity contribution is -0.145. The maximum absolute atomic E-state index is 11.6. The van der Waals surface area contributed by atoms with Crippen LogP contribution in [-0.4, -0.2) is 58.0 Å². The first-order valence-corrected chi connectivity index (χ1v) is 11.0. The molecule has 3 N–H and O–H groups in total. The van der Waals surface area contributed by atoms with Crippen molar-refractivity contribution in [1.82, 2.24) is 15.1 Å². The van der Waals surface area contributed by atoms with E-state index in [1.807, 2.05) is 24.4 Å². The van der Waals surface area contributed by atoms with Crippen molar-refractivity contribution in [1.29, 1.82) is 0 Å². The van der Waals surface area contributed by atoms with Crippen LogP contribution in [0.5, 0.6) is 0 Å². The van der Waals surface area contributed by atoms with Gasteiger partial charge in [-0.1, -0.05) is 30.3 Å². The molecule has 1 fully saturated rings. The molecule has 0 radical (unpaired) electrons. The van der Waals surface area contributed by atoms with Crippen molar-refractivity contribution < 1.29 is 22.9 Å². The quantitative estimate of drug-likeness (QED) is 0.660. The smallest absolute Gasteiger partial charge is 0.307 e. The summed E-state index contributed by atoms with van der Waals surface area (Å²) in [4.78, 5) is 13.9. The number of aromatic amines is 1. The Labute approximate surface area is 164 Å². The number of aromatic nitrogens is 2. The highest BCUT2D eigenvalue weighted by atomic mass is 32.2. The van der Waals surface area contributed by atoms with Gasteiger partial charge in [-0.2, -0.15) is 13.5 Å². The Morgan fingerprint density at radius 1 is 1.29 bits per heavy atom. The Morgan fingerprint density at radius 3 is 2.61 bits per heavy atom. The zero-order valence-corrected chi connectivity index (χ0v) is 16.5. The number of nitrogens with zero attached hydrogens (tertiary/aromatic N) is 2. The minimum atomic E-state index is -3.67. The molecule has 4 rings (SSSR count). The van der Waals surface area contributed by atoms with Crippen LogP contribution in [0.3, 0.4) is 0 Å². The Hall–Kier alpha value is -2.23. The Bertz CT molecular complexity index is 905. The lowest BCUT2D eigenvalue weighted by Crippen LogP contribution is -2.53. The largest absolute Gasteiger partial charge is 0.481 e. The minimum absolute atomic E-state index is 0.274. The maximum Gasteiger partial charge on any atom is 0.307 e. The monoisotopic (exact) mass is 407 g/mol. The molecule has 2 aliphatic rings. The fourth-order valence-electron chi connectivity index (χ4n) is 4.19. The first kappa shape index (κ1) is 20.5. The van der Waals surface area contributed by atoms with Gasteiger partial charge in [0.25, 0.3) is 10.1 Å². The van der Waals surface area contributed by atoms with Gasteiger partial charge in [0.15, 0.2) is 0 Å². The summed E-state index contributed by atoms with van der Waals surface area (Å²) >= 11 is 0. The van der Waals surface area contributed by atoms with Crippen LogP contribution in [0.15, 0.2) is 36.5 Å². The molecule has 1 aliphatic heterocycles. The molecule has 3 unspecified atom stereocenters. The van der Waals surface area contributed by atoms with E-state index in [9.17, 15) is 18.3 Å². The van der Waals surface area contributed by atoms with Crippen molar-refractivity contribution >= 4 is 16.1 Å². The number of piperidine rings is 1. The lowest BCUT2D eigenvalue weighted by Gasteiger charge is -2.46. The van der Waals surface area contributed by atoms with E-state index < -0.39 is 16.1 Å². The summed E-state index contributed by atoms with van der Waals surface area (Å²) in [7, 11) is -3.67. The highest BCUT2D eigenvalue weighted by Gasteiger charge is 2.41. The predicted molar refractivity (Wildman–Crippen MR) is 103 cm³/mol. The summed E-state index contributed by atoms with van der Waals surface area (Å²) in [6.45, 7) is 1.46. The summed E-state index contributed by atoms with van der Waals surface area (Å²) < 4.78 is 25.9. The van der Waals surface area contributed by atoms with Crippen molar-refractivity contribution in [2.45, 2.75) is 31.8 Å². The van der Waals surface area contributed by atoms with Crippen molar-refractivity contribution in [2.75, 3.05) is 12.8 Å². The van der Waals surface area contributed by atoms with E-state index in [4.69, 9.17) is 4.55 Å². The van der Waals surface area contributed by atoms with Crippen molar-refractivity contribution in [2.24, 2.45) is 11.8 Å². The molecule has 0 saturated carbocycles. The van der Waals surface area contributed by atoms with E-state index in [-0.39, 0.29) is 5.92 Å². The minimum Gasteiger partial charge on any atom is -0.481 e. The molecule has 1 aromatic heterocycles. The average molecular weight is 407 g/mol. The van der Waals surface area contributed by atoms with Gasteiger partial charge >= 0.3 is 5.97 Å². The number of hydrogen-bond donors (Lipinski definition) is 3. The lowest BCUT2D eigenvalue weighted by atomic mass is 9.74. The van der Waals surface area contributed by atoms with Gasteiger partial charge < -0.3 is 5.11 Å². The van der Waals surface area contributed by atoms with Crippen LogP contribution in [0.25, 0.3) is 0 Å². The van der Waals surface area contributed by atoms with Crippen molar-refractivity contribution in [3.8, 4) is 0 Å². The van der Waals surface area contributed by atoms with Gasteiger partial charge in [-0.15, -0.1) is 0 Å². The second kappa shape index (κ2) is 8.42. The Morgan fingerprint density at radius 2 is 1.96 bits per heavy atom. The molecule has 152 valence electrons. The zero-order valence-electron chi connectivity index (χ0n) is 15.7. The third-order valence-electron chi connectivity index (χ3n) is 5.34. The van der Waals surface area contributed by atoms with Crippen molar-refractivity contribution in [3.05, 3.63) is 53.3 Å². The number of likely N-dealkylation sites (tertiary alicyclic amines) is 1. The molecule has 0 amide bonds. The Balaban J connectivity index is 0.000000403. The number of hydrogen-bond acceptors (Lipinski definition) is 5.